The molecule has 0 saturated heterocycles. The van der Waals surface area contributed by atoms with Crippen molar-refractivity contribution in [3.05, 3.63) is 12.3 Å². The van der Waals surface area contributed by atoms with Gasteiger partial charge in [0.1, 0.15) is 0 Å². The van der Waals surface area contributed by atoms with E-state index < -0.39 is 0 Å². The summed E-state index contributed by atoms with van der Waals surface area (Å²) >= 11 is 0. The molecule has 2 nitrogen and oxygen atoms in total. The molecule has 1 aliphatic heterocycles. The van der Waals surface area contributed by atoms with Gasteiger partial charge >= 0.3 is 0 Å². The van der Waals surface area contributed by atoms with Gasteiger partial charge in [-0.2, -0.15) is 0 Å². The van der Waals surface area contributed by atoms with Gasteiger partial charge < -0.3 is 10.0 Å². The van der Waals surface area contributed by atoms with E-state index in [1.807, 2.05) is 13.8 Å². The standard InChI is InChI=1S/C10H17NO.C2H6/c1-2-11-7-3-9(4-8-11)10(12)5-6-10;1-2/h3,7,9,12H,2,4-6,8H2,1H3;1-2H3. The zero-order chi connectivity index (χ0) is 10.6. The number of hydrogen-bond acceptors (Lipinski definition) is 2. The van der Waals surface area contributed by atoms with Gasteiger partial charge in [-0.15, -0.1) is 0 Å². The molecule has 0 radical (unpaired) electrons. The first-order valence-corrected chi connectivity index (χ1v) is 5.89. The Balaban J connectivity index is 0.000000461. The molecule has 2 rings (SSSR count). The average Bonchev–Trinajstić information content (AvgIpc) is 3.01. The van der Waals surface area contributed by atoms with Crippen molar-refractivity contribution in [3.8, 4) is 0 Å². The predicted octanol–water partition coefficient (Wildman–Crippen LogP) is 2.39. The van der Waals surface area contributed by atoms with Gasteiger partial charge in [0.15, 0.2) is 0 Å². The molecule has 1 atom stereocenters. The van der Waals surface area contributed by atoms with E-state index in [9.17, 15) is 5.11 Å². The third-order valence-electron chi connectivity index (χ3n) is 3.12. The summed E-state index contributed by atoms with van der Waals surface area (Å²) in [5.41, 5.74) is -0.309. The van der Waals surface area contributed by atoms with Crippen molar-refractivity contribution in [2.75, 3.05) is 13.1 Å². The van der Waals surface area contributed by atoms with Crippen molar-refractivity contribution in [1.82, 2.24) is 4.90 Å². The Morgan fingerprint density at radius 3 is 2.43 bits per heavy atom. The lowest BCUT2D eigenvalue weighted by molar-refractivity contribution is 0.0901. The van der Waals surface area contributed by atoms with Crippen LogP contribution < -0.4 is 0 Å². The van der Waals surface area contributed by atoms with E-state index >= 15 is 0 Å². The van der Waals surface area contributed by atoms with Gasteiger partial charge in [-0.3, -0.25) is 0 Å². The Labute approximate surface area is 87.6 Å². The molecule has 2 aliphatic rings. The van der Waals surface area contributed by atoms with Gasteiger partial charge in [0.25, 0.3) is 0 Å². The highest BCUT2D eigenvalue weighted by Crippen LogP contribution is 2.45. The van der Waals surface area contributed by atoms with Gasteiger partial charge in [-0.25, -0.2) is 0 Å². The van der Waals surface area contributed by atoms with E-state index in [1.54, 1.807) is 0 Å². The van der Waals surface area contributed by atoms with Gasteiger partial charge in [-0.05, 0) is 32.4 Å². The van der Waals surface area contributed by atoms with Crippen molar-refractivity contribution in [3.63, 3.8) is 0 Å². The van der Waals surface area contributed by atoms with Gasteiger partial charge in [0.2, 0.25) is 0 Å². The summed E-state index contributed by atoms with van der Waals surface area (Å²) in [6.45, 7) is 8.36. The number of nitrogens with zero attached hydrogens (tertiary/aromatic N) is 1. The third kappa shape index (κ3) is 2.50. The van der Waals surface area contributed by atoms with Crippen LogP contribution in [0.25, 0.3) is 0 Å². The van der Waals surface area contributed by atoms with Crippen LogP contribution in [0.3, 0.4) is 0 Å². The number of rotatable bonds is 2. The fourth-order valence-corrected chi connectivity index (χ4v) is 1.91. The molecule has 82 valence electrons. The monoisotopic (exact) mass is 197 g/mol. The average molecular weight is 197 g/mol. The zero-order valence-electron chi connectivity index (χ0n) is 9.66. The summed E-state index contributed by atoms with van der Waals surface area (Å²) in [5, 5.41) is 9.84. The largest absolute Gasteiger partial charge is 0.389 e. The molecular formula is C12H23NO. The SMILES string of the molecule is CC.CCN1C=CC(C2(O)CC2)CC1. The fraction of sp³-hybridized carbons (Fsp3) is 0.833. The Bertz CT molecular complexity index is 196. The third-order valence-corrected chi connectivity index (χ3v) is 3.12. The Hall–Kier alpha value is -0.500. The first kappa shape index (κ1) is 11.6. The number of hydrogen-bond donors (Lipinski definition) is 1. The van der Waals surface area contributed by atoms with E-state index in [1.165, 1.54) is 0 Å². The molecule has 1 heterocycles. The molecule has 0 aromatic carbocycles. The molecule has 1 aliphatic carbocycles. The van der Waals surface area contributed by atoms with E-state index in [0.29, 0.717) is 5.92 Å². The highest BCUT2D eigenvalue weighted by atomic mass is 16.3. The summed E-state index contributed by atoms with van der Waals surface area (Å²) < 4.78 is 0. The molecule has 14 heavy (non-hydrogen) atoms. The van der Waals surface area contributed by atoms with E-state index in [0.717, 1.165) is 32.4 Å². The topological polar surface area (TPSA) is 23.5 Å². The van der Waals surface area contributed by atoms with Crippen LogP contribution in [0.15, 0.2) is 12.3 Å². The molecule has 2 heteroatoms. The maximum atomic E-state index is 9.84. The molecule has 0 amide bonds. The van der Waals surface area contributed by atoms with Crippen LogP contribution in [0.5, 0.6) is 0 Å². The summed E-state index contributed by atoms with van der Waals surface area (Å²) in [5.74, 6) is 0.431. The van der Waals surface area contributed by atoms with Gasteiger partial charge in [0.05, 0.1) is 5.60 Å². The van der Waals surface area contributed by atoms with Crippen molar-refractivity contribution >= 4 is 0 Å². The summed E-state index contributed by atoms with van der Waals surface area (Å²) in [4.78, 5) is 2.29. The van der Waals surface area contributed by atoms with Crippen LogP contribution in [-0.2, 0) is 0 Å². The Morgan fingerprint density at radius 2 is 2.07 bits per heavy atom. The minimum atomic E-state index is -0.309. The van der Waals surface area contributed by atoms with Crippen molar-refractivity contribution < 1.29 is 5.11 Å². The van der Waals surface area contributed by atoms with E-state index in [2.05, 4.69) is 24.1 Å². The van der Waals surface area contributed by atoms with Gasteiger partial charge in [0, 0.05) is 19.0 Å². The summed E-state index contributed by atoms with van der Waals surface area (Å²) in [6.07, 6.45) is 7.47. The molecule has 1 unspecified atom stereocenters. The molecular weight excluding hydrogens is 174 g/mol. The maximum absolute atomic E-state index is 9.84. The smallest absolute Gasteiger partial charge is 0.0713 e. The normalized spacial score (nSPS) is 28.0. The Kier molecular flexibility index (Phi) is 3.99. The summed E-state index contributed by atoms with van der Waals surface area (Å²) in [7, 11) is 0. The first-order chi connectivity index (χ1) is 6.74. The maximum Gasteiger partial charge on any atom is 0.0713 e. The van der Waals surface area contributed by atoms with Crippen LogP contribution in [0.1, 0.15) is 40.0 Å². The van der Waals surface area contributed by atoms with Crippen LogP contribution >= 0.6 is 0 Å². The zero-order valence-corrected chi connectivity index (χ0v) is 9.66. The summed E-state index contributed by atoms with van der Waals surface area (Å²) in [6, 6.07) is 0. The molecule has 0 aromatic heterocycles. The lowest BCUT2D eigenvalue weighted by Crippen LogP contribution is -2.30. The predicted molar refractivity (Wildman–Crippen MR) is 60.0 cm³/mol. The number of aliphatic hydroxyl groups is 1. The van der Waals surface area contributed by atoms with Crippen molar-refractivity contribution in [2.45, 2.75) is 45.6 Å². The quantitative estimate of drug-likeness (QED) is 0.734. The van der Waals surface area contributed by atoms with Crippen molar-refractivity contribution in [1.29, 1.82) is 0 Å². The minimum absolute atomic E-state index is 0.309. The first-order valence-electron chi connectivity index (χ1n) is 5.89. The highest BCUT2D eigenvalue weighted by Gasteiger charge is 2.46. The lowest BCUT2D eigenvalue weighted by atomic mass is 9.94. The second-order valence-corrected chi connectivity index (χ2v) is 3.97. The molecule has 0 aromatic rings. The molecule has 0 bridgehead atoms. The van der Waals surface area contributed by atoms with Gasteiger partial charge in [-0.1, -0.05) is 19.9 Å². The lowest BCUT2D eigenvalue weighted by Gasteiger charge is -2.29. The van der Waals surface area contributed by atoms with E-state index in [-0.39, 0.29) is 5.60 Å². The van der Waals surface area contributed by atoms with Crippen LogP contribution in [-0.4, -0.2) is 28.7 Å². The van der Waals surface area contributed by atoms with Crippen LogP contribution in [0.2, 0.25) is 0 Å². The molecule has 0 spiro atoms. The molecule has 1 fully saturated rings. The second-order valence-electron chi connectivity index (χ2n) is 3.97. The fourth-order valence-electron chi connectivity index (χ4n) is 1.91. The van der Waals surface area contributed by atoms with Crippen LogP contribution in [0, 0.1) is 5.92 Å². The minimum Gasteiger partial charge on any atom is -0.389 e. The molecule has 1 saturated carbocycles. The van der Waals surface area contributed by atoms with Crippen LogP contribution in [0.4, 0.5) is 0 Å². The Morgan fingerprint density at radius 1 is 1.43 bits per heavy atom. The second kappa shape index (κ2) is 4.83. The van der Waals surface area contributed by atoms with Crippen molar-refractivity contribution in [2.24, 2.45) is 5.92 Å². The highest BCUT2D eigenvalue weighted by molar-refractivity contribution is 5.09. The van der Waals surface area contributed by atoms with E-state index in [4.69, 9.17) is 0 Å². The molecule has 1 N–H and O–H groups in total.